The van der Waals surface area contributed by atoms with Crippen LogP contribution in [-0.4, -0.2) is 94.9 Å². The number of carbonyl (C=O) groups is 6. The van der Waals surface area contributed by atoms with Gasteiger partial charge in [0.1, 0.15) is 11.3 Å². The summed E-state index contributed by atoms with van der Waals surface area (Å²) in [6.07, 6.45) is 15.9. The minimum atomic E-state index is -0.998. The van der Waals surface area contributed by atoms with Crippen LogP contribution in [-0.2, 0) is 38.2 Å². The number of nitrogens with two attached hydrogens (primary N) is 1. The summed E-state index contributed by atoms with van der Waals surface area (Å²) in [5, 5.41) is 34.3. The Morgan fingerprint density at radius 3 is 1.53 bits per heavy atom. The van der Waals surface area contributed by atoms with Crippen LogP contribution < -0.4 is 16.4 Å². The van der Waals surface area contributed by atoms with E-state index in [1.54, 1.807) is 26.0 Å². The van der Waals surface area contributed by atoms with Crippen LogP contribution in [0.15, 0.2) is 50.6 Å². The lowest BCUT2D eigenvalue weighted by molar-refractivity contribution is -0.152. The molecule has 4 aliphatic rings. The molecule has 0 aromatic heterocycles. The Kier molecular flexibility index (Phi) is 24.5. The average Bonchev–Trinajstić information content (AvgIpc) is 3.98. The molecular weight excluding hydrogens is 794 g/mol. The molecule has 0 unspecified atom stereocenters. The lowest BCUT2D eigenvalue weighted by atomic mass is 9.84. The maximum Gasteiger partial charge on any atom is 0.326 e. The molecule has 0 radical (unpaired) electrons. The first-order chi connectivity index (χ1) is 28.1. The van der Waals surface area contributed by atoms with E-state index in [1.807, 2.05) is 12.2 Å². The smallest absolute Gasteiger partial charge is 0.326 e. The number of Topliss-reactive ketones (excluding diaryl/α,β-unsaturated/α-hetero) is 1. The third kappa shape index (κ3) is 16.2. The number of halogens is 1. The van der Waals surface area contributed by atoms with Crippen LogP contribution in [0.2, 0.25) is 0 Å². The topological polar surface area (TPSA) is 232 Å². The van der Waals surface area contributed by atoms with Crippen LogP contribution >= 0.6 is 12.4 Å². The monoisotopic (exact) mass is 865 g/mol. The molecule has 0 heterocycles. The number of rotatable bonds is 24. The highest BCUT2D eigenvalue weighted by atomic mass is 35.5. The quantitative estimate of drug-likeness (QED) is 0.0421. The first-order valence-corrected chi connectivity index (χ1v) is 21.4. The SMILES string of the molecule is C=CCCCCCNC(=O)[C@@H]1C[C@@H](O)C[C@H]1C(=O)C[C@]1(C(=O)OCC)C[C@H]1C=C.C=CCCCCCNC(=O)[C@@H]1C[C@@H](O)C[C@H]1C(=O)O.C=C[C@@H]1C[C@]1(N)C(=O)OCC.Cl. The number of carboxylic acids is 1. The van der Waals surface area contributed by atoms with Gasteiger partial charge in [-0.2, -0.15) is 0 Å². The fraction of sp³-hybridized carbons (Fsp3) is 0.689. The Morgan fingerprint density at radius 2 is 1.12 bits per heavy atom. The molecular formula is C45H72ClN3O11. The van der Waals surface area contributed by atoms with Gasteiger partial charge in [-0.05, 0) is 96.8 Å². The molecule has 0 saturated heterocycles. The van der Waals surface area contributed by atoms with Crippen LogP contribution in [0.3, 0.4) is 0 Å². The van der Waals surface area contributed by atoms with Crippen molar-refractivity contribution in [2.24, 2.45) is 46.7 Å². The number of aliphatic hydroxyl groups is 2. The molecule has 4 rings (SSSR count). The fourth-order valence-corrected chi connectivity index (χ4v) is 8.06. The van der Waals surface area contributed by atoms with Gasteiger partial charge in [0.05, 0.1) is 48.6 Å². The fourth-order valence-electron chi connectivity index (χ4n) is 8.06. The van der Waals surface area contributed by atoms with Crippen molar-refractivity contribution in [1.29, 1.82) is 0 Å². The molecule has 0 spiro atoms. The summed E-state index contributed by atoms with van der Waals surface area (Å²) in [5.41, 5.74) is 4.09. The van der Waals surface area contributed by atoms with Crippen LogP contribution in [0.5, 0.6) is 0 Å². The second kappa shape index (κ2) is 27.2. The van der Waals surface area contributed by atoms with E-state index in [2.05, 4.69) is 36.9 Å². The molecule has 15 heteroatoms. The van der Waals surface area contributed by atoms with Gasteiger partial charge >= 0.3 is 17.9 Å². The van der Waals surface area contributed by atoms with Crippen molar-refractivity contribution in [1.82, 2.24) is 10.6 Å². The molecule has 0 aromatic rings. The van der Waals surface area contributed by atoms with Crippen molar-refractivity contribution in [3.05, 3.63) is 50.6 Å². The molecule has 14 nitrogen and oxygen atoms in total. The minimum absolute atomic E-state index is 0. The summed E-state index contributed by atoms with van der Waals surface area (Å²) in [4.78, 5) is 72.1. The van der Waals surface area contributed by atoms with E-state index in [-0.39, 0.29) is 92.5 Å². The number of hydrogen-bond donors (Lipinski definition) is 6. The normalized spacial score (nSPS) is 29.3. The average molecular weight is 867 g/mol. The number of esters is 2. The van der Waals surface area contributed by atoms with Gasteiger partial charge in [0.2, 0.25) is 11.8 Å². The van der Waals surface area contributed by atoms with Gasteiger partial charge in [-0.3, -0.25) is 28.8 Å². The number of amides is 2. The lowest BCUT2D eigenvalue weighted by Gasteiger charge is -2.21. The standard InChI is InChI=1S/C23H35NO5.C14H23NO4.C8H13NO2.ClH/c1-4-7-8-9-10-11-24-21(27)19-13-17(25)12-18(19)20(26)15-23(14-16(23)5-2)22(28)29-6-3;1-2-3-4-5-6-7-15-13(17)11-8-10(16)9-12(11)14(18)19;1-3-6-5-8(6,9)7(10)11-4-2;/h4-5,16-19,25H,1-2,6-15H2,3H3,(H,24,27);2,10-12,16H,1,3-9H2,(H,15,17)(H,18,19);3,6H,1,4-5,9H2,2H3;1H/t16-,17+,18-,19-,23-;10-,11-,12-;6-,8-;/m111./s1. The highest BCUT2D eigenvalue weighted by Crippen LogP contribution is 2.58. The Hall–Kier alpha value is -3.85. The highest BCUT2D eigenvalue weighted by molar-refractivity contribution is 5.94. The van der Waals surface area contributed by atoms with Crippen molar-refractivity contribution in [2.45, 2.75) is 128 Å². The molecule has 4 aliphatic carbocycles. The number of carboxylic acid groups (broad SMARTS) is 1. The Morgan fingerprint density at radius 1 is 0.667 bits per heavy atom. The maximum atomic E-state index is 13.0. The zero-order valence-corrected chi connectivity index (χ0v) is 36.6. The minimum Gasteiger partial charge on any atom is -0.481 e. The highest BCUT2D eigenvalue weighted by Gasteiger charge is 2.61. The number of carbonyl (C=O) groups excluding carboxylic acids is 5. The van der Waals surface area contributed by atoms with Gasteiger partial charge < -0.3 is 41.2 Å². The third-order valence-electron chi connectivity index (χ3n) is 11.8. The molecule has 7 N–H and O–H groups in total. The van der Waals surface area contributed by atoms with E-state index in [0.29, 0.717) is 32.5 Å². The molecule has 0 aliphatic heterocycles. The predicted octanol–water partition coefficient (Wildman–Crippen LogP) is 5.15. The van der Waals surface area contributed by atoms with E-state index in [0.717, 1.165) is 51.4 Å². The summed E-state index contributed by atoms with van der Waals surface area (Å²) in [5.74, 6) is -4.61. The number of unbranched alkanes of at least 4 members (excludes halogenated alkanes) is 6. The second-order valence-corrected chi connectivity index (χ2v) is 16.2. The van der Waals surface area contributed by atoms with Crippen LogP contribution in [0, 0.1) is 40.9 Å². The number of aliphatic hydroxyl groups excluding tert-OH is 2. The summed E-state index contributed by atoms with van der Waals surface area (Å²) < 4.78 is 9.97. The summed E-state index contributed by atoms with van der Waals surface area (Å²) in [7, 11) is 0. The van der Waals surface area contributed by atoms with Gasteiger partial charge in [-0.1, -0.05) is 37.1 Å². The largest absolute Gasteiger partial charge is 0.481 e. The molecule has 2 amide bonds. The van der Waals surface area contributed by atoms with Crippen molar-refractivity contribution < 1.29 is 53.6 Å². The maximum absolute atomic E-state index is 13.0. The molecule has 4 saturated carbocycles. The van der Waals surface area contributed by atoms with Crippen LogP contribution in [0.4, 0.5) is 0 Å². The van der Waals surface area contributed by atoms with Gasteiger partial charge in [0.15, 0.2) is 0 Å². The van der Waals surface area contributed by atoms with E-state index in [4.69, 9.17) is 20.3 Å². The van der Waals surface area contributed by atoms with E-state index in [1.165, 1.54) is 0 Å². The van der Waals surface area contributed by atoms with Gasteiger partial charge in [-0.15, -0.1) is 38.7 Å². The van der Waals surface area contributed by atoms with Crippen LogP contribution in [0.1, 0.15) is 110 Å². The summed E-state index contributed by atoms with van der Waals surface area (Å²) >= 11 is 0. The lowest BCUT2D eigenvalue weighted by Crippen LogP contribution is -2.37. The Labute approximate surface area is 362 Å². The van der Waals surface area contributed by atoms with Gasteiger partial charge in [0, 0.05) is 31.3 Å². The molecule has 4 fully saturated rings. The van der Waals surface area contributed by atoms with Crippen LogP contribution in [0.25, 0.3) is 0 Å². The Bertz CT molecular complexity index is 1480. The Balaban J connectivity index is 0.000000497. The summed E-state index contributed by atoms with van der Waals surface area (Å²) in [6, 6.07) is 0. The third-order valence-corrected chi connectivity index (χ3v) is 11.8. The summed E-state index contributed by atoms with van der Waals surface area (Å²) in [6.45, 7) is 20.0. The zero-order valence-electron chi connectivity index (χ0n) is 35.8. The molecule has 0 aromatic carbocycles. The van der Waals surface area contributed by atoms with E-state index >= 15 is 0 Å². The van der Waals surface area contributed by atoms with Gasteiger partial charge in [-0.25, -0.2) is 0 Å². The number of ketones is 1. The molecule has 0 bridgehead atoms. The first kappa shape index (κ1) is 54.2. The van der Waals surface area contributed by atoms with E-state index in [9.17, 15) is 39.0 Å². The zero-order chi connectivity index (χ0) is 44.2. The van der Waals surface area contributed by atoms with Crippen molar-refractivity contribution in [2.75, 3.05) is 26.3 Å². The van der Waals surface area contributed by atoms with E-state index < -0.39 is 52.8 Å². The number of hydrogen-bond acceptors (Lipinski definition) is 11. The molecule has 340 valence electrons. The van der Waals surface area contributed by atoms with Crippen molar-refractivity contribution in [3.63, 3.8) is 0 Å². The number of ether oxygens (including phenoxy) is 2. The number of nitrogens with one attached hydrogen (secondary N) is 2. The number of allylic oxidation sites excluding steroid dienone is 3. The second-order valence-electron chi connectivity index (χ2n) is 16.2. The predicted molar refractivity (Wildman–Crippen MR) is 232 cm³/mol. The number of aliphatic carboxylic acids is 1. The van der Waals surface area contributed by atoms with Gasteiger partial charge in [0.25, 0.3) is 0 Å². The van der Waals surface area contributed by atoms with Crippen molar-refractivity contribution >= 4 is 47.9 Å². The van der Waals surface area contributed by atoms with Crippen molar-refractivity contribution in [3.8, 4) is 0 Å². The molecule has 10 atom stereocenters. The first-order valence-electron chi connectivity index (χ1n) is 21.4. The molecule has 60 heavy (non-hydrogen) atoms.